The number of hydrogen-bond donors (Lipinski definition) is 2. The molecule has 1 radical (unpaired) electrons. The Bertz CT molecular complexity index is 960. The number of aromatic nitrogens is 1. The fourth-order valence-corrected chi connectivity index (χ4v) is 3.81. The maximum Gasteiger partial charge on any atom is 0.0864 e. The Labute approximate surface area is 180 Å². The first-order chi connectivity index (χ1) is 13.0. The van der Waals surface area contributed by atoms with Gasteiger partial charge in [-0.05, 0) is 68.5 Å². The number of hydrogen-bond acceptors (Lipinski definition) is 3. The monoisotopic (exact) mass is 551 g/mol. The van der Waals surface area contributed by atoms with Gasteiger partial charge in [-0.2, -0.15) is 0 Å². The zero-order valence-corrected chi connectivity index (χ0v) is 19.7. The van der Waals surface area contributed by atoms with Crippen LogP contribution >= 0.6 is 0 Å². The van der Waals surface area contributed by atoms with Gasteiger partial charge in [-0.25, -0.2) is 4.39 Å². The van der Waals surface area contributed by atoms with Gasteiger partial charge in [-0.15, -0.1) is 23.1 Å². The molecule has 3 nitrogen and oxygen atoms in total. The van der Waals surface area contributed by atoms with Gasteiger partial charge in [0.1, 0.15) is 0 Å². The van der Waals surface area contributed by atoms with Gasteiger partial charge in [-0.1, -0.05) is 18.2 Å². The molecule has 1 heterocycles. The van der Waals surface area contributed by atoms with Crippen molar-refractivity contribution in [3.05, 3.63) is 70.2 Å². The van der Waals surface area contributed by atoms with Crippen LogP contribution < -0.4 is 10.6 Å². The Morgan fingerprint density at radius 2 is 2.11 bits per heavy atom. The largest absolute Gasteiger partial charge is 0.386 e. The van der Waals surface area contributed by atoms with Crippen molar-refractivity contribution in [3.63, 3.8) is 0 Å². The van der Waals surface area contributed by atoms with E-state index in [-0.39, 0.29) is 26.2 Å². The van der Waals surface area contributed by atoms with E-state index < -0.39 is 0 Å². The second kappa shape index (κ2) is 9.61. The smallest absolute Gasteiger partial charge is 0.0864 e. The van der Waals surface area contributed by atoms with Crippen molar-refractivity contribution in [2.75, 3.05) is 20.6 Å². The molecule has 0 amide bonds. The van der Waals surface area contributed by atoms with Crippen LogP contribution in [0.15, 0.2) is 35.9 Å². The maximum atomic E-state index is 14.1. The number of likely N-dealkylation sites (N-methyl/N-ethyl adjacent to an activating group) is 1. The topological polar surface area (TPSA) is 37.0 Å². The third kappa shape index (κ3) is 4.28. The second-order valence-electron chi connectivity index (χ2n) is 7.02. The average Bonchev–Trinajstić information content (AvgIpc) is 2.67. The first-order valence-electron chi connectivity index (χ1n) is 9.40. The molecule has 1 aromatic carbocycles. The van der Waals surface area contributed by atoms with Gasteiger partial charge < -0.3 is 10.6 Å². The van der Waals surface area contributed by atoms with Gasteiger partial charge in [-0.3, -0.25) is 4.98 Å². The molecule has 1 aliphatic rings. The van der Waals surface area contributed by atoms with Crippen molar-refractivity contribution < 1.29 is 24.8 Å². The van der Waals surface area contributed by atoms with Crippen molar-refractivity contribution in [1.29, 1.82) is 0 Å². The van der Waals surface area contributed by atoms with E-state index in [4.69, 9.17) is 4.98 Å². The number of halogens is 1. The zero-order chi connectivity index (χ0) is 19.6. The van der Waals surface area contributed by atoms with Gasteiger partial charge in [0.25, 0.3) is 0 Å². The average molecular weight is 551 g/mol. The molecule has 0 fully saturated rings. The number of nitrogens with one attached hydrogen (secondary N) is 2. The normalized spacial score (nSPS) is 14.4. The van der Waals surface area contributed by atoms with E-state index in [1.54, 1.807) is 0 Å². The molecule has 2 aromatic rings. The fourth-order valence-electron chi connectivity index (χ4n) is 3.81. The van der Waals surface area contributed by atoms with Crippen molar-refractivity contribution in [3.8, 4) is 0 Å². The summed E-state index contributed by atoms with van der Waals surface area (Å²) in [7, 11) is 3.82. The summed E-state index contributed by atoms with van der Waals surface area (Å²) in [6.07, 6.45) is 6.84. The number of pyridine rings is 1. The van der Waals surface area contributed by atoms with Crippen molar-refractivity contribution >= 4 is 16.6 Å². The molecular weight excluding hydrogens is 523 g/mol. The molecule has 3 rings (SSSR count). The first-order valence-corrected chi connectivity index (χ1v) is 9.40. The molecule has 0 unspecified atom stereocenters. The van der Waals surface area contributed by atoms with Crippen molar-refractivity contribution in [2.24, 2.45) is 0 Å². The minimum Gasteiger partial charge on any atom is -0.386 e. The summed E-state index contributed by atoms with van der Waals surface area (Å²) in [4.78, 5) is 4.85. The zero-order valence-electron chi connectivity index (χ0n) is 17.0. The summed E-state index contributed by atoms with van der Waals surface area (Å²) in [5.74, 6) is -0.332. The Balaban J connectivity index is 0.00000280. The SMILES string of the molecule is C=C/C(C)=C(\C=C(/NC)c1nc2cc(F)[c-]c3c2c(c1C)CCC3)CNC.[Re]. The van der Waals surface area contributed by atoms with E-state index in [0.717, 1.165) is 70.4 Å². The molecule has 149 valence electrons. The molecule has 0 saturated carbocycles. The summed E-state index contributed by atoms with van der Waals surface area (Å²) in [6, 6.07) is 4.39. The molecule has 2 N–H and O–H groups in total. The van der Waals surface area contributed by atoms with E-state index in [9.17, 15) is 4.39 Å². The maximum absolute atomic E-state index is 14.1. The van der Waals surface area contributed by atoms with Crippen molar-refractivity contribution in [1.82, 2.24) is 15.6 Å². The molecular formula is C23H27FN3Re-. The summed E-state index contributed by atoms with van der Waals surface area (Å²) < 4.78 is 14.1. The number of aryl methyl sites for hydroxylation is 2. The summed E-state index contributed by atoms with van der Waals surface area (Å²) in [6.45, 7) is 8.78. The molecule has 0 aliphatic heterocycles. The van der Waals surface area contributed by atoms with Gasteiger partial charge in [0, 0.05) is 39.8 Å². The number of benzene rings is 1. The summed E-state index contributed by atoms with van der Waals surface area (Å²) in [5.41, 5.74) is 8.16. The standard InChI is InChI=1S/C23H27FN3.Re/c1-6-14(2)17(13-25-4)11-21(26-5)23-15(3)19-9-7-8-16-10-18(24)12-20(27-23)22(16)19;/h6,11-12,25-26H,1,7-9,13H2,2-5H3;/q-1;/b17-14+,21-11-;. The quantitative estimate of drug-likeness (QED) is 0.417. The molecule has 0 bridgehead atoms. The third-order valence-electron chi connectivity index (χ3n) is 5.31. The Kier molecular flexibility index (Phi) is 7.72. The Hall–Kier alpha value is -1.80. The number of rotatable bonds is 6. The summed E-state index contributed by atoms with van der Waals surface area (Å²) in [5, 5.41) is 7.58. The van der Waals surface area contributed by atoms with Crippen LogP contribution in [-0.4, -0.2) is 25.6 Å². The number of nitrogens with zero attached hydrogens (tertiary/aromatic N) is 1. The van der Waals surface area contributed by atoms with Crippen LogP contribution in [-0.2, 0) is 33.3 Å². The minimum atomic E-state index is -0.332. The van der Waals surface area contributed by atoms with E-state index in [1.807, 2.05) is 27.1 Å². The molecule has 5 heteroatoms. The van der Waals surface area contributed by atoms with E-state index in [2.05, 4.69) is 36.3 Å². The molecule has 28 heavy (non-hydrogen) atoms. The Morgan fingerprint density at radius 1 is 1.36 bits per heavy atom. The van der Waals surface area contributed by atoms with Crippen LogP contribution in [0, 0.1) is 18.8 Å². The van der Waals surface area contributed by atoms with Gasteiger partial charge in [0.2, 0.25) is 0 Å². The van der Waals surface area contributed by atoms with Gasteiger partial charge in [0.05, 0.1) is 11.4 Å². The molecule has 0 atom stereocenters. The van der Waals surface area contributed by atoms with Gasteiger partial charge in [0.15, 0.2) is 0 Å². The van der Waals surface area contributed by atoms with Crippen molar-refractivity contribution in [2.45, 2.75) is 33.1 Å². The van der Waals surface area contributed by atoms with Crippen LogP contribution in [0.25, 0.3) is 16.6 Å². The Morgan fingerprint density at radius 3 is 2.75 bits per heavy atom. The summed E-state index contributed by atoms with van der Waals surface area (Å²) >= 11 is 0. The minimum absolute atomic E-state index is 0. The fraction of sp³-hybridized carbons (Fsp3) is 0.348. The van der Waals surface area contributed by atoms with Crippen LogP contribution in [0.1, 0.15) is 35.7 Å². The third-order valence-corrected chi connectivity index (χ3v) is 5.31. The molecule has 0 saturated heterocycles. The predicted octanol–water partition coefficient (Wildman–Crippen LogP) is 4.25. The van der Waals surface area contributed by atoms with E-state index in [1.165, 1.54) is 11.6 Å². The van der Waals surface area contributed by atoms with E-state index >= 15 is 0 Å². The molecule has 1 aromatic heterocycles. The van der Waals surface area contributed by atoms with Crippen LogP contribution in [0.4, 0.5) is 4.39 Å². The van der Waals surface area contributed by atoms with Crippen LogP contribution in [0.5, 0.6) is 0 Å². The first kappa shape index (κ1) is 22.5. The molecule has 1 aliphatic carbocycles. The molecule has 0 spiro atoms. The second-order valence-corrected chi connectivity index (χ2v) is 7.02. The van der Waals surface area contributed by atoms with E-state index in [0.29, 0.717) is 0 Å². The van der Waals surface area contributed by atoms with Gasteiger partial charge >= 0.3 is 0 Å². The predicted molar refractivity (Wildman–Crippen MR) is 111 cm³/mol. The van der Waals surface area contributed by atoms with Crippen LogP contribution in [0.2, 0.25) is 0 Å². The van der Waals surface area contributed by atoms with Crippen LogP contribution in [0.3, 0.4) is 0 Å². The number of allylic oxidation sites excluding steroid dienone is 2.